The van der Waals surface area contributed by atoms with Crippen molar-refractivity contribution in [1.82, 2.24) is 0 Å². The van der Waals surface area contributed by atoms with Crippen LogP contribution in [0.5, 0.6) is 0 Å². The summed E-state index contributed by atoms with van der Waals surface area (Å²) in [7, 11) is 0. The fourth-order valence-corrected chi connectivity index (χ4v) is 1.74. The lowest BCUT2D eigenvalue weighted by Gasteiger charge is -2.39. The minimum atomic E-state index is -0.118. The third-order valence-corrected chi connectivity index (χ3v) is 2.60. The van der Waals surface area contributed by atoms with E-state index >= 15 is 0 Å². The minimum absolute atomic E-state index is 0.0985. The first-order valence-corrected chi connectivity index (χ1v) is 4.68. The van der Waals surface area contributed by atoms with Crippen molar-refractivity contribution in [1.29, 1.82) is 0 Å². The first-order valence-electron chi connectivity index (χ1n) is 4.68. The molecule has 0 amide bonds. The van der Waals surface area contributed by atoms with Crippen LogP contribution in [0.25, 0.3) is 0 Å². The average molecular weight is 173 g/mol. The quantitative estimate of drug-likeness (QED) is 0.690. The molecule has 0 radical (unpaired) electrons. The zero-order chi connectivity index (χ0) is 9.03. The topological polar surface area (TPSA) is 44.5 Å². The molecule has 1 atom stereocenters. The molecular weight excluding hydrogens is 154 g/mol. The monoisotopic (exact) mass is 173 g/mol. The summed E-state index contributed by atoms with van der Waals surface area (Å²) in [4.78, 5) is 0. The summed E-state index contributed by atoms with van der Waals surface area (Å²) in [6.45, 7) is 6.32. The van der Waals surface area contributed by atoms with Gasteiger partial charge < -0.3 is 15.2 Å². The first kappa shape index (κ1) is 9.96. The second kappa shape index (κ2) is 4.21. The Kier molecular flexibility index (Phi) is 3.50. The van der Waals surface area contributed by atoms with Crippen molar-refractivity contribution < 1.29 is 9.47 Å². The number of hydrogen-bond acceptors (Lipinski definition) is 3. The van der Waals surface area contributed by atoms with E-state index in [0.717, 1.165) is 32.7 Å². The van der Waals surface area contributed by atoms with Crippen LogP contribution in [0.3, 0.4) is 0 Å². The Hall–Kier alpha value is -0.120. The van der Waals surface area contributed by atoms with Crippen molar-refractivity contribution in [2.75, 3.05) is 19.8 Å². The maximum Gasteiger partial charge on any atom is 0.0873 e. The highest BCUT2D eigenvalue weighted by Crippen LogP contribution is 2.27. The van der Waals surface area contributed by atoms with Crippen LogP contribution in [0.4, 0.5) is 0 Å². The van der Waals surface area contributed by atoms with E-state index in [2.05, 4.69) is 0 Å². The van der Waals surface area contributed by atoms with E-state index < -0.39 is 0 Å². The molecule has 2 N–H and O–H groups in total. The van der Waals surface area contributed by atoms with E-state index in [1.807, 2.05) is 13.8 Å². The van der Waals surface area contributed by atoms with Gasteiger partial charge in [0.1, 0.15) is 0 Å². The molecule has 1 aliphatic heterocycles. The van der Waals surface area contributed by atoms with Crippen LogP contribution in [0.1, 0.15) is 26.7 Å². The summed E-state index contributed by atoms with van der Waals surface area (Å²) in [6.07, 6.45) is 1.86. The molecule has 1 heterocycles. The summed E-state index contributed by atoms with van der Waals surface area (Å²) in [6, 6.07) is 0.0985. The Labute approximate surface area is 74.2 Å². The lowest BCUT2D eigenvalue weighted by Crippen LogP contribution is -2.51. The molecule has 0 saturated carbocycles. The Morgan fingerprint density at radius 2 is 2.08 bits per heavy atom. The highest BCUT2D eigenvalue weighted by atomic mass is 16.5. The molecule has 1 fully saturated rings. The molecule has 0 aromatic heterocycles. The molecule has 1 aliphatic rings. The van der Waals surface area contributed by atoms with Gasteiger partial charge in [-0.3, -0.25) is 0 Å². The van der Waals surface area contributed by atoms with Crippen molar-refractivity contribution in [3.05, 3.63) is 0 Å². The highest BCUT2D eigenvalue weighted by molar-refractivity contribution is 4.90. The smallest absolute Gasteiger partial charge is 0.0873 e. The molecule has 1 rings (SSSR count). The van der Waals surface area contributed by atoms with E-state index in [9.17, 15) is 0 Å². The van der Waals surface area contributed by atoms with Crippen LogP contribution >= 0.6 is 0 Å². The third kappa shape index (κ3) is 1.97. The zero-order valence-electron chi connectivity index (χ0n) is 8.01. The van der Waals surface area contributed by atoms with Gasteiger partial charge in [0.25, 0.3) is 0 Å². The molecule has 1 unspecified atom stereocenters. The van der Waals surface area contributed by atoms with Gasteiger partial charge in [0.05, 0.1) is 5.60 Å². The maximum atomic E-state index is 5.91. The molecule has 72 valence electrons. The summed E-state index contributed by atoms with van der Waals surface area (Å²) in [5.74, 6) is 0. The molecule has 12 heavy (non-hydrogen) atoms. The third-order valence-electron chi connectivity index (χ3n) is 2.60. The number of hydrogen-bond donors (Lipinski definition) is 1. The molecule has 1 saturated heterocycles. The van der Waals surface area contributed by atoms with Crippen LogP contribution in [-0.2, 0) is 9.47 Å². The van der Waals surface area contributed by atoms with Gasteiger partial charge in [-0.15, -0.1) is 0 Å². The minimum Gasteiger partial charge on any atom is -0.381 e. The van der Waals surface area contributed by atoms with E-state index in [1.165, 1.54) is 0 Å². The number of rotatable bonds is 3. The molecule has 0 aromatic carbocycles. The lowest BCUT2D eigenvalue weighted by molar-refractivity contribution is -0.117. The summed E-state index contributed by atoms with van der Waals surface area (Å²) in [5, 5.41) is 0. The summed E-state index contributed by atoms with van der Waals surface area (Å²) < 4.78 is 11.0. The van der Waals surface area contributed by atoms with Crippen molar-refractivity contribution >= 4 is 0 Å². The average Bonchev–Trinajstić information content (AvgIpc) is 2.06. The largest absolute Gasteiger partial charge is 0.381 e. The first-order chi connectivity index (χ1) is 5.71. The van der Waals surface area contributed by atoms with Crippen LogP contribution in [0.2, 0.25) is 0 Å². The molecular formula is C9H19NO2. The van der Waals surface area contributed by atoms with Gasteiger partial charge in [-0.05, 0) is 13.8 Å². The molecule has 0 bridgehead atoms. The van der Waals surface area contributed by atoms with Crippen molar-refractivity contribution in [3.8, 4) is 0 Å². The SMILES string of the molecule is CCOC1(C(C)N)CCOCC1. The molecule has 3 heteroatoms. The standard InChI is InChI=1S/C9H19NO2/c1-3-12-9(8(2)10)4-6-11-7-5-9/h8H,3-7,10H2,1-2H3. The van der Waals surface area contributed by atoms with E-state index in [1.54, 1.807) is 0 Å². The molecule has 3 nitrogen and oxygen atoms in total. The number of nitrogens with two attached hydrogens (primary N) is 1. The maximum absolute atomic E-state index is 5.91. The van der Waals surface area contributed by atoms with Crippen LogP contribution in [0, 0.1) is 0 Å². The fraction of sp³-hybridized carbons (Fsp3) is 1.00. The fourth-order valence-electron chi connectivity index (χ4n) is 1.74. The van der Waals surface area contributed by atoms with Gasteiger partial charge in [0.15, 0.2) is 0 Å². The summed E-state index contributed by atoms with van der Waals surface area (Å²) >= 11 is 0. The molecule has 0 aliphatic carbocycles. The predicted molar refractivity (Wildman–Crippen MR) is 48.1 cm³/mol. The van der Waals surface area contributed by atoms with E-state index in [4.69, 9.17) is 15.2 Å². The zero-order valence-corrected chi connectivity index (χ0v) is 8.01. The van der Waals surface area contributed by atoms with E-state index in [-0.39, 0.29) is 11.6 Å². The summed E-state index contributed by atoms with van der Waals surface area (Å²) in [5.41, 5.74) is 5.79. The number of ether oxygens (including phenoxy) is 2. The Morgan fingerprint density at radius 3 is 2.50 bits per heavy atom. The van der Waals surface area contributed by atoms with Crippen molar-refractivity contribution in [2.45, 2.75) is 38.3 Å². The highest BCUT2D eigenvalue weighted by Gasteiger charge is 2.36. The van der Waals surface area contributed by atoms with E-state index in [0.29, 0.717) is 0 Å². The van der Waals surface area contributed by atoms with Crippen LogP contribution in [0.15, 0.2) is 0 Å². The van der Waals surface area contributed by atoms with Crippen LogP contribution < -0.4 is 5.73 Å². The van der Waals surface area contributed by atoms with Crippen molar-refractivity contribution in [3.63, 3.8) is 0 Å². The molecule has 0 spiro atoms. The van der Waals surface area contributed by atoms with Crippen molar-refractivity contribution in [2.24, 2.45) is 5.73 Å². The van der Waals surface area contributed by atoms with Gasteiger partial charge in [-0.1, -0.05) is 0 Å². The lowest BCUT2D eigenvalue weighted by atomic mass is 9.87. The Morgan fingerprint density at radius 1 is 1.50 bits per heavy atom. The van der Waals surface area contributed by atoms with Crippen LogP contribution in [-0.4, -0.2) is 31.5 Å². The molecule has 0 aromatic rings. The normalized spacial score (nSPS) is 25.2. The Balaban J connectivity index is 2.56. The Bertz CT molecular complexity index is 125. The van der Waals surface area contributed by atoms with Gasteiger partial charge in [0.2, 0.25) is 0 Å². The van der Waals surface area contributed by atoms with Gasteiger partial charge >= 0.3 is 0 Å². The predicted octanol–water partition coefficient (Wildman–Crippen LogP) is 0.919. The second-order valence-corrected chi connectivity index (χ2v) is 3.40. The van der Waals surface area contributed by atoms with Gasteiger partial charge in [0, 0.05) is 38.7 Å². The van der Waals surface area contributed by atoms with Gasteiger partial charge in [-0.25, -0.2) is 0 Å². The van der Waals surface area contributed by atoms with Gasteiger partial charge in [-0.2, -0.15) is 0 Å². The second-order valence-electron chi connectivity index (χ2n) is 3.40.